The van der Waals surface area contributed by atoms with E-state index in [0.717, 1.165) is 0 Å². The van der Waals surface area contributed by atoms with Crippen LogP contribution in [0, 0.1) is 20.2 Å². The van der Waals surface area contributed by atoms with E-state index in [-0.39, 0.29) is 31.4 Å². The van der Waals surface area contributed by atoms with Crippen LogP contribution in [0.15, 0.2) is 18.7 Å². The molecule has 0 aliphatic heterocycles. The van der Waals surface area contributed by atoms with Gasteiger partial charge in [0.05, 0.1) is 15.4 Å². The number of ketones is 1. The number of aliphatic hydroxyl groups is 1. The monoisotopic (exact) mass is 338 g/mol. The van der Waals surface area contributed by atoms with E-state index >= 15 is 0 Å². The van der Waals surface area contributed by atoms with Crippen molar-refractivity contribution in [3.63, 3.8) is 0 Å². The molecular weight excluding hydrogens is 324 g/mol. The number of carboxylic acid groups (broad SMARTS) is 1. The first-order valence-electron chi connectivity index (χ1n) is 6.75. The summed E-state index contributed by atoms with van der Waals surface area (Å²) in [5.41, 5.74) is -3.59. The van der Waals surface area contributed by atoms with Crippen molar-refractivity contribution in [2.75, 3.05) is 6.61 Å². The van der Waals surface area contributed by atoms with Gasteiger partial charge in [-0.25, -0.2) is 4.79 Å². The fourth-order valence-corrected chi connectivity index (χ4v) is 2.24. The normalized spacial score (nSPS) is 10.2. The smallest absolute Gasteiger partial charge is 0.336 e. The lowest BCUT2D eigenvalue weighted by Crippen LogP contribution is -2.14. The van der Waals surface area contributed by atoms with E-state index in [1.54, 1.807) is 0 Å². The minimum atomic E-state index is -1.59. The molecule has 0 radical (unpaired) electrons. The van der Waals surface area contributed by atoms with Gasteiger partial charge in [-0.2, -0.15) is 0 Å². The van der Waals surface area contributed by atoms with Gasteiger partial charge < -0.3 is 10.2 Å². The molecule has 0 saturated heterocycles. The Hall–Kier alpha value is -3.14. The molecular formula is C14H14N2O8. The van der Waals surface area contributed by atoms with Gasteiger partial charge in [-0.3, -0.25) is 25.0 Å². The Bertz CT molecular complexity index is 726. The second kappa shape index (κ2) is 7.92. The number of rotatable bonds is 9. The van der Waals surface area contributed by atoms with Crippen molar-refractivity contribution in [2.24, 2.45) is 0 Å². The summed E-state index contributed by atoms with van der Waals surface area (Å²) in [6.45, 7) is 2.95. The van der Waals surface area contributed by atoms with Gasteiger partial charge in [0.2, 0.25) is 0 Å². The molecule has 0 aliphatic rings. The van der Waals surface area contributed by atoms with Gasteiger partial charge in [-0.1, -0.05) is 6.58 Å². The molecule has 0 aromatic heterocycles. The highest BCUT2D eigenvalue weighted by Gasteiger charge is 2.36. The Morgan fingerprint density at radius 1 is 1.21 bits per heavy atom. The first-order valence-corrected chi connectivity index (χ1v) is 6.75. The van der Waals surface area contributed by atoms with Crippen LogP contribution in [0.3, 0.4) is 0 Å². The Kier molecular flexibility index (Phi) is 6.24. The lowest BCUT2D eigenvalue weighted by atomic mass is 9.93. The first kappa shape index (κ1) is 18.9. The van der Waals surface area contributed by atoms with Gasteiger partial charge in [0.15, 0.2) is 11.3 Å². The van der Waals surface area contributed by atoms with Crippen molar-refractivity contribution in [1.29, 1.82) is 0 Å². The molecule has 0 unspecified atom stereocenters. The van der Waals surface area contributed by atoms with Gasteiger partial charge in [0.25, 0.3) is 11.4 Å². The van der Waals surface area contributed by atoms with E-state index < -0.39 is 44.1 Å². The van der Waals surface area contributed by atoms with Crippen LogP contribution in [-0.4, -0.2) is 38.4 Å². The first-order chi connectivity index (χ1) is 11.3. The second-order valence-corrected chi connectivity index (χ2v) is 4.71. The number of unbranched alkanes of at least 4 members (excludes halogenated alkanes) is 1. The van der Waals surface area contributed by atoms with Crippen LogP contribution in [0.25, 0.3) is 0 Å². The molecule has 0 atom stereocenters. The molecule has 0 fully saturated rings. The third-order valence-electron chi connectivity index (χ3n) is 3.26. The Morgan fingerprint density at radius 2 is 1.83 bits per heavy atom. The molecule has 2 N–H and O–H groups in total. The summed E-state index contributed by atoms with van der Waals surface area (Å²) in [4.78, 5) is 43.7. The maximum atomic E-state index is 11.9. The number of hydrogen-bond donors (Lipinski definition) is 2. The molecule has 10 heteroatoms. The molecule has 0 saturated carbocycles. The molecule has 0 bridgehead atoms. The number of carbonyl (C=O) groups excluding carboxylic acids is 1. The highest BCUT2D eigenvalue weighted by atomic mass is 16.6. The van der Waals surface area contributed by atoms with E-state index in [1.807, 2.05) is 0 Å². The topological polar surface area (TPSA) is 161 Å². The fourth-order valence-electron chi connectivity index (χ4n) is 2.24. The van der Waals surface area contributed by atoms with Crippen LogP contribution in [0.5, 0.6) is 0 Å². The number of hydrogen-bond acceptors (Lipinski definition) is 7. The van der Waals surface area contributed by atoms with Crippen LogP contribution in [-0.2, 0) is 6.42 Å². The van der Waals surface area contributed by atoms with E-state index in [4.69, 9.17) is 5.11 Å². The molecule has 1 aromatic carbocycles. The van der Waals surface area contributed by atoms with Crippen LogP contribution >= 0.6 is 0 Å². The molecule has 128 valence electrons. The van der Waals surface area contributed by atoms with Crippen molar-refractivity contribution < 1.29 is 29.6 Å². The molecule has 24 heavy (non-hydrogen) atoms. The quantitative estimate of drug-likeness (QED) is 0.227. The number of nitro benzene ring substituents is 2. The van der Waals surface area contributed by atoms with Crippen LogP contribution < -0.4 is 0 Å². The SMILES string of the molecule is C=CC(=O)c1c([N+](=O)[O-])cc(C(=O)O)c(CCCCO)c1[N+](=O)[O-]. The standard InChI is InChI=1S/C14H14N2O8/c1-2-11(18)12-10(15(21)22)7-9(14(19)20)8(5-3-4-6-17)13(12)16(23)24/h2,7,17H,1,3-6H2,(H,19,20). The number of allylic oxidation sites excluding steroid dienone is 1. The molecule has 10 nitrogen and oxygen atoms in total. The number of carboxylic acids is 1. The highest BCUT2D eigenvalue weighted by molar-refractivity contribution is 6.12. The number of nitro groups is 2. The molecule has 0 amide bonds. The zero-order valence-electron chi connectivity index (χ0n) is 12.4. The summed E-state index contributed by atoms with van der Waals surface area (Å²) in [5, 5.41) is 40.5. The van der Waals surface area contributed by atoms with Crippen LogP contribution in [0.1, 0.15) is 39.1 Å². The molecule has 0 aliphatic carbocycles. The summed E-state index contributed by atoms with van der Waals surface area (Å²) in [6, 6.07) is 0.639. The van der Waals surface area contributed by atoms with Crippen molar-refractivity contribution in [3.8, 4) is 0 Å². The second-order valence-electron chi connectivity index (χ2n) is 4.71. The lowest BCUT2D eigenvalue weighted by molar-refractivity contribution is -0.395. The van der Waals surface area contributed by atoms with E-state index in [1.165, 1.54) is 0 Å². The summed E-state index contributed by atoms with van der Waals surface area (Å²) < 4.78 is 0. The number of benzene rings is 1. The molecule has 1 aromatic rings. The summed E-state index contributed by atoms with van der Waals surface area (Å²) in [5.74, 6) is -2.63. The average Bonchev–Trinajstić information content (AvgIpc) is 2.52. The van der Waals surface area contributed by atoms with Crippen molar-refractivity contribution >= 4 is 23.1 Å². The average molecular weight is 338 g/mol. The van der Waals surface area contributed by atoms with Crippen LogP contribution in [0.4, 0.5) is 11.4 Å². The highest BCUT2D eigenvalue weighted by Crippen LogP contribution is 2.36. The van der Waals surface area contributed by atoms with Crippen LogP contribution in [0.2, 0.25) is 0 Å². The zero-order valence-corrected chi connectivity index (χ0v) is 12.4. The van der Waals surface area contributed by atoms with Gasteiger partial charge in [0.1, 0.15) is 0 Å². The third kappa shape index (κ3) is 3.79. The predicted octanol–water partition coefficient (Wildman–Crippen LogP) is 1.88. The number of aromatic carboxylic acids is 1. The minimum Gasteiger partial charge on any atom is -0.478 e. The van der Waals surface area contributed by atoms with Crippen molar-refractivity contribution in [3.05, 3.63) is 55.6 Å². The molecule has 0 heterocycles. The van der Waals surface area contributed by atoms with E-state index in [9.17, 15) is 34.9 Å². The summed E-state index contributed by atoms with van der Waals surface area (Å²) in [7, 11) is 0. The lowest BCUT2D eigenvalue weighted by Gasteiger charge is -2.10. The Morgan fingerprint density at radius 3 is 2.25 bits per heavy atom. The fraction of sp³-hybridized carbons (Fsp3) is 0.286. The summed E-state index contributed by atoms with van der Waals surface area (Å²) >= 11 is 0. The largest absolute Gasteiger partial charge is 0.478 e. The molecule has 1 rings (SSSR count). The predicted molar refractivity (Wildman–Crippen MR) is 81.3 cm³/mol. The van der Waals surface area contributed by atoms with E-state index in [2.05, 4.69) is 6.58 Å². The van der Waals surface area contributed by atoms with Crippen molar-refractivity contribution in [1.82, 2.24) is 0 Å². The molecule has 0 spiro atoms. The maximum absolute atomic E-state index is 11.9. The zero-order chi connectivity index (χ0) is 18.4. The number of aliphatic hydroxyl groups excluding tert-OH is 1. The third-order valence-corrected chi connectivity index (χ3v) is 3.26. The minimum absolute atomic E-state index is 0.131. The number of nitrogens with zero attached hydrogens (tertiary/aromatic N) is 2. The summed E-state index contributed by atoms with van der Waals surface area (Å²) in [6.07, 6.45) is 1.01. The van der Waals surface area contributed by atoms with Gasteiger partial charge in [-0.05, 0) is 25.3 Å². The van der Waals surface area contributed by atoms with Gasteiger partial charge >= 0.3 is 5.97 Å². The van der Waals surface area contributed by atoms with E-state index in [0.29, 0.717) is 12.1 Å². The van der Waals surface area contributed by atoms with Gasteiger partial charge in [0, 0.05) is 18.2 Å². The maximum Gasteiger partial charge on any atom is 0.336 e. The van der Waals surface area contributed by atoms with Crippen molar-refractivity contribution in [2.45, 2.75) is 19.3 Å². The number of carbonyl (C=O) groups is 2. The Labute approximate surface area is 135 Å². The Balaban J connectivity index is 3.85. The van der Waals surface area contributed by atoms with Gasteiger partial charge in [-0.15, -0.1) is 0 Å².